The first-order valence-electron chi connectivity index (χ1n) is 8.06. The van der Waals surface area contributed by atoms with E-state index in [0.29, 0.717) is 45.0 Å². The number of rotatable bonds is 7. The lowest BCUT2D eigenvalue weighted by Gasteiger charge is -2.35. The minimum absolute atomic E-state index is 0.0882. The summed E-state index contributed by atoms with van der Waals surface area (Å²) >= 11 is 0. The predicted octanol–water partition coefficient (Wildman–Crippen LogP) is 0.669. The molecular formula is C14H17N7O6. The molecule has 2 N–H and O–H groups in total. The fraction of sp³-hybridized carbons (Fsp3) is 0.429. The maximum absolute atomic E-state index is 11.3. The Labute approximate surface area is 152 Å². The van der Waals surface area contributed by atoms with Gasteiger partial charge in [-0.05, 0) is 16.4 Å². The van der Waals surface area contributed by atoms with E-state index < -0.39 is 9.85 Å². The van der Waals surface area contributed by atoms with Crippen molar-refractivity contribution in [1.29, 1.82) is 0 Å². The van der Waals surface area contributed by atoms with Gasteiger partial charge in [-0.3, -0.25) is 25.1 Å². The van der Waals surface area contributed by atoms with Crippen molar-refractivity contribution in [1.82, 2.24) is 15.2 Å². The smallest absolute Gasteiger partial charge is 0.300 e. The molecule has 1 aromatic heterocycles. The van der Waals surface area contributed by atoms with Crippen LogP contribution in [0.25, 0.3) is 0 Å². The number of nitrogens with two attached hydrogens (primary N) is 1. The number of ether oxygens (including phenoxy) is 1. The van der Waals surface area contributed by atoms with Crippen LogP contribution in [0.1, 0.15) is 0 Å². The van der Waals surface area contributed by atoms with Gasteiger partial charge in [0.25, 0.3) is 17.3 Å². The summed E-state index contributed by atoms with van der Waals surface area (Å²) in [5, 5.41) is 29.1. The molecule has 1 saturated heterocycles. The van der Waals surface area contributed by atoms with Gasteiger partial charge in [0.15, 0.2) is 0 Å². The second-order valence-corrected chi connectivity index (χ2v) is 5.82. The quantitative estimate of drug-likeness (QED) is 0.530. The van der Waals surface area contributed by atoms with Gasteiger partial charge in [0, 0.05) is 38.8 Å². The zero-order valence-corrected chi connectivity index (χ0v) is 14.2. The van der Waals surface area contributed by atoms with Gasteiger partial charge >= 0.3 is 0 Å². The van der Waals surface area contributed by atoms with E-state index in [9.17, 15) is 20.2 Å². The Kier molecular flexibility index (Phi) is 5.30. The number of benzene rings is 1. The largest absolute Gasteiger partial charge is 0.471 e. The Balaban J connectivity index is 1.56. The van der Waals surface area contributed by atoms with Crippen LogP contribution in [0.5, 0.6) is 5.88 Å². The summed E-state index contributed by atoms with van der Waals surface area (Å²) < 4.78 is 9.81. The number of anilines is 2. The summed E-state index contributed by atoms with van der Waals surface area (Å²) in [5.41, 5.74) is 5.31. The first-order chi connectivity index (χ1) is 13.0. The lowest BCUT2D eigenvalue weighted by molar-refractivity contribution is -0.393. The van der Waals surface area contributed by atoms with E-state index in [0.717, 1.165) is 6.07 Å². The second kappa shape index (κ2) is 7.82. The number of non-ortho nitro benzene ring substituents is 1. The van der Waals surface area contributed by atoms with Crippen LogP contribution in [0.15, 0.2) is 22.8 Å². The van der Waals surface area contributed by atoms with Gasteiger partial charge in [-0.1, -0.05) is 0 Å². The molecule has 3 rings (SSSR count). The van der Waals surface area contributed by atoms with Crippen LogP contribution in [0.4, 0.5) is 22.9 Å². The fourth-order valence-electron chi connectivity index (χ4n) is 2.81. The lowest BCUT2D eigenvalue weighted by atomic mass is 10.2. The van der Waals surface area contributed by atoms with Crippen LogP contribution in [-0.2, 0) is 0 Å². The molecule has 1 aliphatic heterocycles. The maximum atomic E-state index is 11.3. The highest BCUT2D eigenvalue weighted by atomic mass is 16.6. The third kappa shape index (κ3) is 4.20. The zero-order chi connectivity index (χ0) is 19.4. The predicted molar refractivity (Wildman–Crippen MR) is 92.6 cm³/mol. The van der Waals surface area contributed by atoms with Gasteiger partial charge in [-0.2, -0.15) is 0 Å². The van der Waals surface area contributed by atoms with Crippen molar-refractivity contribution in [2.24, 2.45) is 0 Å². The molecule has 1 aliphatic rings. The third-order valence-electron chi connectivity index (χ3n) is 4.21. The third-order valence-corrected chi connectivity index (χ3v) is 4.21. The molecule has 0 aliphatic carbocycles. The van der Waals surface area contributed by atoms with E-state index in [4.69, 9.17) is 10.5 Å². The van der Waals surface area contributed by atoms with E-state index in [-0.39, 0.29) is 23.1 Å². The topological polar surface area (TPSA) is 167 Å². The van der Waals surface area contributed by atoms with Crippen molar-refractivity contribution in [2.75, 3.05) is 50.0 Å². The fourth-order valence-corrected chi connectivity index (χ4v) is 2.81. The van der Waals surface area contributed by atoms with Crippen molar-refractivity contribution in [3.63, 3.8) is 0 Å². The van der Waals surface area contributed by atoms with Crippen LogP contribution >= 0.6 is 0 Å². The average molecular weight is 379 g/mol. The van der Waals surface area contributed by atoms with Crippen LogP contribution in [0.3, 0.4) is 0 Å². The van der Waals surface area contributed by atoms with Gasteiger partial charge in [0.1, 0.15) is 12.3 Å². The molecule has 1 fully saturated rings. The SMILES string of the molecule is Nc1nonc1OCCN1CCN(c2ccc([N+](=O)[O-])cc2[N+](=O)[O-])CC1. The number of nitrogen functional groups attached to an aromatic ring is 1. The van der Waals surface area contributed by atoms with E-state index in [1.54, 1.807) is 0 Å². The molecule has 27 heavy (non-hydrogen) atoms. The Morgan fingerprint density at radius 2 is 1.89 bits per heavy atom. The Bertz CT molecular complexity index is 833. The molecule has 0 amide bonds. The summed E-state index contributed by atoms with van der Waals surface area (Å²) in [6.45, 7) is 3.37. The minimum atomic E-state index is -0.647. The zero-order valence-electron chi connectivity index (χ0n) is 14.2. The molecule has 0 unspecified atom stereocenters. The van der Waals surface area contributed by atoms with Gasteiger partial charge in [-0.25, -0.2) is 4.63 Å². The van der Waals surface area contributed by atoms with E-state index >= 15 is 0 Å². The highest BCUT2D eigenvalue weighted by Crippen LogP contribution is 2.32. The summed E-state index contributed by atoms with van der Waals surface area (Å²) in [7, 11) is 0. The summed E-state index contributed by atoms with van der Waals surface area (Å²) in [6, 6.07) is 3.69. The molecule has 2 aromatic rings. The Morgan fingerprint density at radius 1 is 1.15 bits per heavy atom. The number of hydrogen-bond acceptors (Lipinski definition) is 11. The molecule has 0 atom stereocenters. The highest BCUT2D eigenvalue weighted by molar-refractivity contribution is 5.67. The number of hydrogen-bond donors (Lipinski definition) is 1. The van der Waals surface area contributed by atoms with Crippen molar-refractivity contribution in [3.05, 3.63) is 38.4 Å². The number of nitrogens with zero attached hydrogens (tertiary/aromatic N) is 6. The van der Waals surface area contributed by atoms with Crippen LogP contribution in [0, 0.1) is 20.2 Å². The summed E-state index contributed by atoms with van der Waals surface area (Å²) in [4.78, 5) is 24.9. The molecule has 0 bridgehead atoms. The molecule has 0 spiro atoms. The molecule has 1 aromatic carbocycles. The standard InChI is InChI=1S/C14H17N7O6/c15-13-14(17-27-16-13)26-8-7-18-3-5-19(6-4-18)11-2-1-10(20(22)23)9-12(11)21(24)25/h1-2,9H,3-8H2,(H2,15,16). The Hall–Kier alpha value is -3.48. The van der Waals surface area contributed by atoms with Crippen LogP contribution < -0.4 is 15.4 Å². The van der Waals surface area contributed by atoms with Crippen LogP contribution in [0.2, 0.25) is 0 Å². The van der Waals surface area contributed by atoms with Gasteiger partial charge in [0.2, 0.25) is 5.82 Å². The summed E-state index contributed by atoms with van der Waals surface area (Å²) in [6.07, 6.45) is 0. The van der Waals surface area contributed by atoms with Gasteiger partial charge < -0.3 is 15.4 Å². The van der Waals surface area contributed by atoms with Crippen molar-refractivity contribution in [2.45, 2.75) is 0 Å². The lowest BCUT2D eigenvalue weighted by Crippen LogP contribution is -2.47. The number of nitro benzene ring substituents is 2. The van der Waals surface area contributed by atoms with Crippen molar-refractivity contribution in [3.8, 4) is 5.88 Å². The van der Waals surface area contributed by atoms with Gasteiger partial charge in [-0.15, -0.1) is 0 Å². The van der Waals surface area contributed by atoms with Crippen molar-refractivity contribution < 1.29 is 19.2 Å². The van der Waals surface area contributed by atoms with E-state index in [1.807, 2.05) is 4.90 Å². The molecule has 144 valence electrons. The number of aromatic nitrogens is 2. The van der Waals surface area contributed by atoms with E-state index in [2.05, 4.69) is 19.8 Å². The molecule has 2 heterocycles. The monoisotopic (exact) mass is 379 g/mol. The Morgan fingerprint density at radius 3 is 2.48 bits per heavy atom. The average Bonchev–Trinajstić information content (AvgIpc) is 3.06. The molecule has 0 radical (unpaired) electrons. The molecule has 13 nitrogen and oxygen atoms in total. The number of nitro groups is 2. The maximum Gasteiger partial charge on any atom is 0.300 e. The summed E-state index contributed by atoms with van der Waals surface area (Å²) in [5.74, 6) is 0.237. The van der Waals surface area contributed by atoms with Crippen molar-refractivity contribution >= 4 is 22.9 Å². The second-order valence-electron chi connectivity index (χ2n) is 5.82. The molecule has 13 heteroatoms. The minimum Gasteiger partial charge on any atom is -0.471 e. The number of piperazine rings is 1. The highest BCUT2D eigenvalue weighted by Gasteiger charge is 2.26. The molecule has 0 saturated carbocycles. The van der Waals surface area contributed by atoms with Crippen LogP contribution in [-0.4, -0.2) is 64.4 Å². The van der Waals surface area contributed by atoms with E-state index in [1.165, 1.54) is 12.1 Å². The van der Waals surface area contributed by atoms with Gasteiger partial charge in [0.05, 0.1) is 15.9 Å². The first kappa shape index (κ1) is 18.3. The normalized spacial score (nSPS) is 14.9. The first-order valence-corrected chi connectivity index (χ1v) is 8.06. The molecular weight excluding hydrogens is 362 g/mol.